The van der Waals surface area contributed by atoms with Gasteiger partial charge in [0.1, 0.15) is 11.8 Å². The number of aromatic nitrogens is 4. The maximum Gasteiger partial charge on any atom is 0.407 e. The molecule has 2 aromatic heterocycles. The van der Waals surface area contributed by atoms with Gasteiger partial charge in [-0.25, -0.2) is 19.6 Å². The highest BCUT2D eigenvalue weighted by molar-refractivity contribution is 6.30. The summed E-state index contributed by atoms with van der Waals surface area (Å²) in [4.78, 5) is 34.3. The average Bonchev–Trinajstić information content (AvgIpc) is 2.96. The van der Waals surface area contributed by atoms with Gasteiger partial charge in [0.2, 0.25) is 0 Å². The third-order valence-electron chi connectivity index (χ3n) is 4.80. The molecule has 1 amide bonds. The molecule has 140 valence electrons. The molecule has 0 bridgehead atoms. The first-order chi connectivity index (χ1) is 13.0. The molecule has 0 spiro atoms. The topological polar surface area (TPSA) is 119 Å². The van der Waals surface area contributed by atoms with Gasteiger partial charge in [0.25, 0.3) is 0 Å². The molecule has 1 aliphatic heterocycles. The molecule has 3 aromatic rings. The van der Waals surface area contributed by atoms with E-state index in [1.165, 1.54) is 20.4 Å². The molecule has 1 aliphatic rings. The van der Waals surface area contributed by atoms with Crippen molar-refractivity contribution in [3.05, 3.63) is 46.1 Å². The van der Waals surface area contributed by atoms with Crippen molar-refractivity contribution in [2.24, 2.45) is 0 Å². The molecule has 4 rings (SSSR count). The number of fused-ring (bicyclic) bond motifs is 1. The highest BCUT2D eigenvalue weighted by atomic mass is 35.5. The number of nitrogens with two attached hydrogens (primary N) is 1. The number of anilines is 1. The van der Waals surface area contributed by atoms with Crippen LogP contribution in [-0.4, -0.2) is 48.3 Å². The summed E-state index contributed by atoms with van der Waals surface area (Å²) in [5, 5.41) is 9.86. The zero-order valence-corrected chi connectivity index (χ0v) is 15.0. The standard InChI is InChI=1S/C17H17ClN6O3/c18-10-3-5-11(6-4-10)23-13-14(19)20-9-21-15(13)24(16(23)25)12-2-1-7-22(8-12)17(26)27/h3-6,9,12H,1-2,7-8H2,(H,26,27)(H2,19,20,21). The van der Waals surface area contributed by atoms with Gasteiger partial charge in [0, 0.05) is 18.1 Å². The minimum absolute atomic E-state index is 0.178. The van der Waals surface area contributed by atoms with E-state index in [1.54, 1.807) is 24.3 Å². The van der Waals surface area contributed by atoms with Gasteiger partial charge >= 0.3 is 11.8 Å². The fourth-order valence-electron chi connectivity index (χ4n) is 3.57. The van der Waals surface area contributed by atoms with Crippen molar-refractivity contribution in [2.45, 2.75) is 18.9 Å². The molecule has 3 heterocycles. The van der Waals surface area contributed by atoms with Gasteiger partial charge in [0.05, 0.1) is 11.7 Å². The van der Waals surface area contributed by atoms with Crippen LogP contribution >= 0.6 is 11.6 Å². The molecule has 9 nitrogen and oxygen atoms in total. The third-order valence-corrected chi connectivity index (χ3v) is 5.05. The summed E-state index contributed by atoms with van der Waals surface area (Å²) >= 11 is 5.96. The van der Waals surface area contributed by atoms with E-state index in [4.69, 9.17) is 17.3 Å². The number of amides is 1. The molecule has 27 heavy (non-hydrogen) atoms. The summed E-state index contributed by atoms with van der Waals surface area (Å²) in [5.74, 6) is 0.178. The van der Waals surface area contributed by atoms with Crippen LogP contribution in [0.3, 0.4) is 0 Å². The van der Waals surface area contributed by atoms with Crippen molar-refractivity contribution in [1.29, 1.82) is 0 Å². The van der Waals surface area contributed by atoms with E-state index in [9.17, 15) is 14.7 Å². The number of nitrogen functional groups attached to an aromatic ring is 1. The second-order valence-electron chi connectivity index (χ2n) is 6.42. The van der Waals surface area contributed by atoms with E-state index in [0.29, 0.717) is 41.3 Å². The van der Waals surface area contributed by atoms with E-state index in [-0.39, 0.29) is 24.1 Å². The van der Waals surface area contributed by atoms with Crippen LogP contribution in [-0.2, 0) is 0 Å². The van der Waals surface area contributed by atoms with Gasteiger partial charge in [-0.2, -0.15) is 0 Å². The minimum atomic E-state index is -0.997. The smallest absolute Gasteiger partial charge is 0.407 e. The number of piperidine rings is 1. The third kappa shape index (κ3) is 2.89. The van der Waals surface area contributed by atoms with Crippen LogP contribution in [0.4, 0.5) is 10.6 Å². The number of halogens is 1. The van der Waals surface area contributed by atoms with Gasteiger partial charge in [0.15, 0.2) is 11.5 Å². The van der Waals surface area contributed by atoms with Crippen molar-refractivity contribution in [2.75, 3.05) is 18.8 Å². The molecule has 1 aromatic carbocycles. The number of carbonyl (C=O) groups is 1. The van der Waals surface area contributed by atoms with Crippen LogP contribution < -0.4 is 11.4 Å². The van der Waals surface area contributed by atoms with E-state index in [0.717, 1.165) is 0 Å². The normalized spacial score (nSPS) is 17.4. The average molecular weight is 389 g/mol. The van der Waals surface area contributed by atoms with Gasteiger partial charge in [-0.3, -0.25) is 9.13 Å². The Labute approximate surface area is 158 Å². The van der Waals surface area contributed by atoms with Crippen LogP contribution in [0.5, 0.6) is 0 Å². The van der Waals surface area contributed by atoms with Gasteiger partial charge in [-0.15, -0.1) is 0 Å². The number of nitrogens with zero attached hydrogens (tertiary/aromatic N) is 5. The maximum atomic E-state index is 13.3. The molecule has 1 unspecified atom stereocenters. The molecule has 1 saturated heterocycles. The monoisotopic (exact) mass is 388 g/mol. The summed E-state index contributed by atoms with van der Waals surface area (Å²) in [6, 6.07) is 6.46. The molecule has 0 saturated carbocycles. The Hall–Kier alpha value is -3.07. The maximum absolute atomic E-state index is 13.3. The summed E-state index contributed by atoms with van der Waals surface area (Å²) < 4.78 is 2.97. The second kappa shape index (κ2) is 6.58. The van der Waals surface area contributed by atoms with E-state index < -0.39 is 6.09 Å². The molecule has 1 atom stereocenters. The Bertz CT molecular complexity index is 1070. The van der Waals surface area contributed by atoms with Crippen LogP contribution in [0, 0.1) is 0 Å². The van der Waals surface area contributed by atoms with E-state index in [2.05, 4.69) is 9.97 Å². The van der Waals surface area contributed by atoms with Crippen LogP contribution in [0.25, 0.3) is 16.9 Å². The molecule has 0 aliphatic carbocycles. The lowest BCUT2D eigenvalue weighted by Gasteiger charge is -2.31. The predicted molar refractivity (Wildman–Crippen MR) is 100 cm³/mol. The zero-order valence-electron chi connectivity index (χ0n) is 14.2. The van der Waals surface area contributed by atoms with E-state index >= 15 is 0 Å². The predicted octanol–water partition coefficient (Wildman–Crippen LogP) is 2.13. The SMILES string of the molecule is Nc1ncnc2c1n(-c1ccc(Cl)cc1)c(=O)n2C1CCCN(C(=O)O)C1. The zero-order chi connectivity index (χ0) is 19.1. The van der Waals surface area contributed by atoms with Gasteiger partial charge < -0.3 is 15.7 Å². The van der Waals surface area contributed by atoms with Crippen LogP contribution in [0.15, 0.2) is 35.4 Å². The highest BCUT2D eigenvalue weighted by Gasteiger charge is 2.29. The Balaban J connectivity index is 1.93. The lowest BCUT2D eigenvalue weighted by molar-refractivity contribution is 0.121. The molecule has 3 N–H and O–H groups in total. The van der Waals surface area contributed by atoms with Crippen LogP contribution in [0.1, 0.15) is 18.9 Å². The Morgan fingerprint density at radius 2 is 2.00 bits per heavy atom. The summed E-state index contributed by atoms with van der Waals surface area (Å²) in [5.41, 5.74) is 7.09. The molecule has 1 fully saturated rings. The quantitative estimate of drug-likeness (QED) is 0.694. The van der Waals surface area contributed by atoms with Crippen molar-refractivity contribution in [3.8, 4) is 5.69 Å². The van der Waals surface area contributed by atoms with Crippen LogP contribution in [0.2, 0.25) is 5.02 Å². The van der Waals surface area contributed by atoms with E-state index in [1.807, 2.05) is 0 Å². The molecular formula is C17H17ClN6O3. The number of imidazole rings is 1. The first-order valence-electron chi connectivity index (χ1n) is 8.44. The summed E-state index contributed by atoms with van der Waals surface area (Å²) in [6.07, 6.45) is 1.64. The van der Waals surface area contributed by atoms with Crippen molar-refractivity contribution >= 4 is 34.7 Å². The lowest BCUT2D eigenvalue weighted by Crippen LogP contribution is -2.42. The first-order valence-corrected chi connectivity index (χ1v) is 8.82. The molecular weight excluding hydrogens is 372 g/mol. The summed E-state index contributed by atoms with van der Waals surface area (Å²) in [6.45, 7) is 0.673. The number of likely N-dealkylation sites (tertiary alicyclic amines) is 1. The van der Waals surface area contributed by atoms with Gasteiger partial charge in [-0.1, -0.05) is 11.6 Å². The number of hydrogen-bond donors (Lipinski definition) is 2. The fraction of sp³-hybridized carbons (Fsp3) is 0.294. The Morgan fingerprint density at radius 3 is 2.70 bits per heavy atom. The first kappa shape index (κ1) is 17.3. The molecule has 0 radical (unpaired) electrons. The second-order valence-corrected chi connectivity index (χ2v) is 6.86. The number of rotatable bonds is 2. The number of carboxylic acid groups (broad SMARTS) is 1. The Morgan fingerprint density at radius 1 is 1.26 bits per heavy atom. The largest absolute Gasteiger partial charge is 0.465 e. The minimum Gasteiger partial charge on any atom is -0.465 e. The fourth-order valence-corrected chi connectivity index (χ4v) is 3.69. The number of benzene rings is 1. The van der Waals surface area contributed by atoms with Gasteiger partial charge in [-0.05, 0) is 37.1 Å². The lowest BCUT2D eigenvalue weighted by atomic mass is 10.1. The highest BCUT2D eigenvalue weighted by Crippen LogP contribution is 2.27. The van der Waals surface area contributed by atoms with Crippen molar-refractivity contribution in [1.82, 2.24) is 24.0 Å². The molecule has 10 heteroatoms. The van der Waals surface area contributed by atoms with Crippen molar-refractivity contribution < 1.29 is 9.90 Å². The van der Waals surface area contributed by atoms with Crippen molar-refractivity contribution in [3.63, 3.8) is 0 Å². The Kier molecular flexibility index (Phi) is 4.23. The number of hydrogen-bond acceptors (Lipinski definition) is 5. The summed E-state index contributed by atoms with van der Waals surface area (Å²) in [7, 11) is 0.